The number of nitrogens with two attached hydrogens (primary N) is 1. The van der Waals surface area contributed by atoms with Gasteiger partial charge in [0.05, 0.1) is 11.4 Å². The smallest absolute Gasteiger partial charge is 0.227 e. The number of carbonyl (C=O) groups is 1. The van der Waals surface area contributed by atoms with Crippen LogP contribution in [0.1, 0.15) is 39.5 Å². The summed E-state index contributed by atoms with van der Waals surface area (Å²) in [7, 11) is 0. The van der Waals surface area contributed by atoms with Crippen LogP contribution < -0.4 is 11.1 Å². The third-order valence-corrected chi connectivity index (χ3v) is 3.06. The second-order valence-corrected chi connectivity index (χ2v) is 4.51. The third-order valence-electron chi connectivity index (χ3n) is 3.06. The Morgan fingerprint density at radius 1 is 1.44 bits per heavy atom. The molecule has 1 unspecified atom stereocenters. The molecule has 1 atom stereocenters. The lowest BCUT2D eigenvalue weighted by Gasteiger charge is -2.15. The molecule has 0 bridgehead atoms. The summed E-state index contributed by atoms with van der Waals surface area (Å²) in [6, 6.07) is 4.57. The molecule has 4 nitrogen and oxygen atoms in total. The topological polar surface area (TPSA) is 75.3 Å². The van der Waals surface area contributed by atoms with E-state index >= 15 is 0 Å². The molecule has 1 rings (SSSR count). The molecule has 0 spiro atoms. The van der Waals surface area contributed by atoms with Crippen molar-refractivity contribution in [3.8, 4) is 5.75 Å². The van der Waals surface area contributed by atoms with E-state index in [4.69, 9.17) is 5.73 Å². The lowest BCUT2D eigenvalue weighted by molar-refractivity contribution is -0.120. The highest BCUT2D eigenvalue weighted by atomic mass is 16.3. The Bertz CT molecular complexity index is 405. The molecular weight excluding hydrogens is 228 g/mol. The number of phenols is 1. The van der Waals surface area contributed by atoms with Gasteiger partial charge in [0.15, 0.2) is 0 Å². The van der Waals surface area contributed by atoms with Crippen molar-refractivity contribution in [1.82, 2.24) is 0 Å². The van der Waals surface area contributed by atoms with E-state index in [2.05, 4.69) is 12.2 Å². The summed E-state index contributed by atoms with van der Waals surface area (Å²) < 4.78 is 0. The number of hydrogen-bond donors (Lipinski definition) is 3. The van der Waals surface area contributed by atoms with Crippen LogP contribution in [0.5, 0.6) is 5.75 Å². The first-order valence-electron chi connectivity index (χ1n) is 6.47. The van der Waals surface area contributed by atoms with Gasteiger partial charge in [0.1, 0.15) is 5.75 Å². The molecule has 0 aliphatic rings. The van der Waals surface area contributed by atoms with Crippen molar-refractivity contribution >= 4 is 17.3 Å². The number of nitrogens with one attached hydrogen (secondary N) is 1. The first kappa shape index (κ1) is 14.4. The maximum Gasteiger partial charge on any atom is 0.227 e. The fraction of sp³-hybridized carbons (Fsp3) is 0.500. The van der Waals surface area contributed by atoms with E-state index in [1.807, 2.05) is 6.92 Å². The van der Waals surface area contributed by atoms with Crippen LogP contribution in [0.3, 0.4) is 0 Å². The minimum Gasteiger partial charge on any atom is -0.508 e. The Morgan fingerprint density at radius 2 is 2.17 bits per heavy atom. The zero-order valence-corrected chi connectivity index (χ0v) is 11.1. The van der Waals surface area contributed by atoms with Crippen molar-refractivity contribution in [2.45, 2.75) is 39.5 Å². The minimum atomic E-state index is 0.00309. The summed E-state index contributed by atoms with van der Waals surface area (Å²) in [6.45, 7) is 4.13. The van der Waals surface area contributed by atoms with E-state index in [-0.39, 0.29) is 17.6 Å². The highest BCUT2D eigenvalue weighted by Gasteiger charge is 2.16. The van der Waals surface area contributed by atoms with Crippen LogP contribution in [0.15, 0.2) is 18.2 Å². The number of unbranched alkanes of at least 4 members (excludes halogenated alkanes) is 1. The quantitative estimate of drug-likeness (QED) is 0.536. The van der Waals surface area contributed by atoms with Crippen molar-refractivity contribution in [2.24, 2.45) is 5.92 Å². The van der Waals surface area contributed by atoms with Gasteiger partial charge in [-0.25, -0.2) is 0 Å². The predicted octanol–water partition coefficient (Wildman–Crippen LogP) is 3.13. The summed E-state index contributed by atoms with van der Waals surface area (Å²) in [6.07, 6.45) is 3.86. The summed E-state index contributed by atoms with van der Waals surface area (Å²) in [5.41, 5.74) is 6.68. The number of phenolic OH excluding ortho intramolecular Hbond substituents is 1. The molecule has 4 N–H and O–H groups in total. The molecule has 1 aromatic rings. The number of rotatable bonds is 6. The molecule has 0 aromatic heterocycles. The predicted molar refractivity (Wildman–Crippen MR) is 74.5 cm³/mol. The first-order chi connectivity index (χ1) is 8.58. The lowest BCUT2D eigenvalue weighted by Crippen LogP contribution is -2.22. The average molecular weight is 250 g/mol. The molecule has 0 saturated heterocycles. The molecule has 100 valence electrons. The maximum absolute atomic E-state index is 12.1. The first-order valence-corrected chi connectivity index (χ1v) is 6.47. The second kappa shape index (κ2) is 6.89. The molecule has 0 fully saturated rings. The van der Waals surface area contributed by atoms with Gasteiger partial charge in [-0.15, -0.1) is 0 Å². The number of nitrogen functional groups attached to an aromatic ring is 1. The van der Waals surface area contributed by atoms with Crippen molar-refractivity contribution in [2.75, 3.05) is 11.1 Å². The number of hydrogen-bond acceptors (Lipinski definition) is 3. The Labute approximate surface area is 108 Å². The van der Waals surface area contributed by atoms with Crippen LogP contribution in [0.4, 0.5) is 11.4 Å². The number of anilines is 2. The zero-order valence-electron chi connectivity index (χ0n) is 11.1. The molecule has 0 aliphatic carbocycles. The molecule has 18 heavy (non-hydrogen) atoms. The average Bonchev–Trinajstić information content (AvgIpc) is 2.34. The Hall–Kier alpha value is -1.71. The van der Waals surface area contributed by atoms with Crippen LogP contribution in [0, 0.1) is 5.92 Å². The Morgan fingerprint density at radius 3 is 2.72 bits per heavy atom. The van der Waals surface area contributed by atoms with Crippen LogP contribution in [0.25, 0.3) is 0 Å². The van der Waals surface area contributed by atoms with Gasteiger partial charge < -0.3 is 16.2 Å². The van der Waals surface area contributed by atoms with Crippen molar-refractivity contribution < 1.29 is 9.90 Å². The largest absolute Gasteiger partial charge is 0.508 e. The van der Waals surface area contributed by atoms with Crippen LogP contribution in [-0.2, 0) is 4.79 Å². The standard InChI is InChI=1S/C14H22N2O2/c1-3-5-6-10(4-2)14(18)16-13-8-7-11(17)9-12(13)15/h7-10,17H,3-6,15H2,1-2H3,(H,16,18). The van der Waals surface area contributed by atoms with Crippen molar-refractivity contribution in [3.05, 3.63) is 18.2 Å². The van der Waals surface area contributed by atoms with E-state index in [0.717, 1.165) is 25.7 Å². The summed E-state index contributed by atoms with van der Waals surface area (Å²) in [5, 5.41) is 12.1. The maximum atomic E-state index is 12.1. The summed E-state index contributed by atoms with van der Waals surface area (Å²) in [4.78, 5) is 12.1. The molecule has 1 amide bonds. The van der Waals surface area contributed by atoms with Crippen LogP contribution >= 0.6 is 0 Å². The minimum absolute atomic E-state index is 0.00309. The monoisotopic (exact) mass is 250 g/mol. The SMILES string of the molecule is CCCCC(CC)C(=O)Nc1ccc(O)cc1N. The molecule has 0 saturated carbocycles. The normalized spacial score (nSPS) is 12.1. The van der Waals surface area contributed by atoms with Gasteiger partial charge in [0.25, 0.3) is 0 Å². The zero-order chi connectivity index (χ0) is 13.5. The van der Waals surface area contributed by atoms with Gasteiger partial charge in [-0.05, 0) is 25.0 Å². The van der Waals surface area contributed by atoms with Crippen LogP contribution in [-0.4, -0.2) is 11.0 Å². The van der Waals surface area contributed by atoms with Crippen molar-refractivity contribution in [3.63, 3.8) is 0 Å². The van der Waals surface area contributed by atoms with Gasteiger partial charge in [-0.3, -0.25) is 4.79 Å². The molecule has 0 heterocycles. The van der Waals surface area contributed by atoms with Gasteiger partial charge in [0.2, 0.25) is 5.91 Å². The number of amides is 1. The Balaban J connectivity index is 2.67. The van der Waals surface area contributed by atoms with E-state index < -0.39 is 0 Å². The number of aromatic hydroxyl groups is 1. The van der Waals surface area contributed by atoms with Crippen LogP contribution in [0.2, 0.25) is 0 Å². The van der Waals surface area contributed by atoms with Gasteiger partial charge in [-0.2, -0.15) is 0 Å². The van der Waals surface area contributed by atoms with E-state index in [0.29, 0.717) is 11.4 Å². The fourth-order valence-corrected chi connectivity index (χ4v) is 1.87. The third kappa shape index (κ3) is 3.95. The van der Waals surface area contributed by atoms with Crippen molar-refractivity contribution in [1.29, 1.82) is 0 Å². The Kier molecular flexibility index (Phi) is 5.49. The number of carbonyl (C=O) groups excluding carboxylic acids is 1. The second-order valence-electron chi connectivity index (χ2n) is 4.51. The van der Waals surface area contributed by atoms with Gasteiger partial charge in [0, 0.05) is 12.0 Å². The molecular formula is C14H22N2O2. The summed E-state index contributed by atoms with van der Waals surface area (Å²) >= 11 is 0. The van der Waals surface area contributed by atoms with E-state index in [1.165, 1.54) is 12.1 Å². The molecule has 0 radical (unpaired) electrons. The van der Waals surface area contributed by atoms with Gasteiger partial charge >= 0.3 is 0 Å². The summed E-state index contributed by atoms with van der Waals surface area (Å²) in [5.74, 6) is 0.130. The molecule has 0 aliphatic heterocycles. The highest BCUT2D eigenvalue weighted by Crippen LogP contribution is 2.24. The number of benzene rings is 1. The molecule has 4 heteroatoms. The van der Waals surface area contributed by atoms with E-state index in [1.54, 1.807) is 6.07 Å². The lowest BCUT2D eigenvalue weighted by atomic mass is 9.98. The highest BCUT2D eigenvalue weighted by molar-refractivity contribution is 5.95. The van der Waals surface area contributed by atoms with E-state index in [9.17, 15) is 9.90 Å². The molecule has 1 aromatic carbocycles. The fourth-order valence-electron chi connectivity index (χ4n) is 1.87. The van der Waals surface area contributed by atoms with Gasteiger partial charge in [-0.1, -0.05) is 26.7 Å².